The average molecular weight is 186 g/mol. The molecule has 0 aromatic heterocycles. The number of aliphatic hydroxyl groups excluding tert-OH is 1. The monoisotopic (exact) mass is 186 g/mol. The van der Waals surface area contributed by atoms with Gasteiger partial charge >= 0.3 is 0 Å². The number of halogens is 2. The van der Waals surface area contributed by atoms with Crippen LogP contribution in [-0.2, 0) is 4.79 Å². The van der Waals surface area contributed by atoms with Crippen molar-refractivity contribution in [1.29, 1.82) is 0 Å². The van der Waals surface area contributed by atoms with Crippen LogP contribution >= 0.6 is 0 Å². The van der Waals surface area contributed by atoms with E-state index in [1.165, 1.54) is 0 Å². The minimum Gasteiger partial charge on any atom is -0.388 e. The van der Waals surface area contributed by atoms with Gasteiger partial charge in [-0.3, -0.25) is 0 Å². The van der Waals surface area contributed by atoms with Crippen molar-refractivity contribution in [2.45, 2.75) is 12.5 Å². The highest BCUT2D eigenvalue weighted by Crippen LogP contribution is 2.19. The first-order chi connectivity index (χ1) is 6.15. The summed E-state index contributed by atoms with van der Waals surface area (Å²) in [5.41, 5.74) is -0.188. The molecule has 0 spiro atoms. The molecule has 0 bridgehead atoms. The van der Waals surface area contributed by atoms with Crippen molar-refractivity contribution in [2.75, 3.05) is 0 Å². The first kappa shape index (κ1) is 9.80. The third kappa shape index (κ3) is 2.32. The Morgan fingerprint density at radius 3 is 2.77 bits per heavy atom. The standard InChI is InChI=1S/C9H8F2O2/c10-6-1-2-8(11)7(5-6)9(13)3-4-12/h1-2,4-5,9,13H,3H2. The fourth-order valence-corrected chi connectivity index (χ4v) is 0.988. The molecule has 1 N–H and O–H groups in total. The van der Waals surface area contributed by atoms with Crippen LogP contribution in [-0.4, -0.2) is 11.4 Å². The number of aldehydes is 1. The Kier molecular flexibility index (Phi) is 3.08. The lowest BCUT2D eigenvalue weighted by Gasteiger charge is -2.07. The summed E-state index contributed by atoms with van der Waals surface area (Å²) in [6.07, 6.45) is -1.05. The highest BCUT2D eigenvalue weighted by Gasteiger charge is 2.12. The minimum atomic E-state index is -1.27. The van der Waals surface area contributed by atoms with Gasteiger partial charge in [-0.1, -0.05) is 0 Å². The molecule has 13 heavy (non-hydrogen) atoms. The summed E-state index contributed by atoms with van der Waals surface area (Å²) in [4.78, 5) is 10.0. The zero-order chi connectivity index (χ0) is 9.84. The van der Waals surface area contributed by atoms with Crippen LogP contribution in [0, 0.1) is 11.6 Å². The van der Waals surface area contributed by atoms with Gasteiger partial charge in [0, 0.05) is 12.0 Å². The van der Waals surface area contributed by atoms with Crippen LogP contribution < -0.4 is 0 Å². The molecule has 0 saturated carbocycles. The number of rotatable bonds is 3. The summed E-state index contributed by atoms with van der Waals surface area (Å²) in [5.74, 6) is -1.35. The van der Waals surface area contributed by atoms with Crippen LogP contribution in [0.4, 0.5) is 8.78 Å². The Balaban J connectivity index is 2.97. The molecule has 0 aliphatic carbocycles. The second-order valence-corrected chi connectivity index (χ2v) is 2.58. The van der Waals surface area contributed by atoms with Crippen molar-refractivity contribution >= 4 is 6.29 Å². The normalized spacial score (nSPS) is 12.5. The summed E-state index contributed by atoms with van der Waals surface area (Å²) < 4.78 is 25.5. The quantitative estimate of drug-likeness (QED) is 0.728. The van der Waals surface area contributed by atoms with Gasteiger partial charge < -0.3 is 9.90 Å². The fraction of sp³-hybridized carbons (Fsp3) is 0.222. The van der Waals surface area contributed by atoms with Gasteiger partial charge in [0.1, 0.15) is 17.9 Å². The third-order valence-corrected chi connectivity index (χ3v) is 1.64. The van der Waals surface area contributed by atoms with Gasteiger partial charge in [-0.15, -0.1) is 0 Å². The van der Waals surface area contributed by atoms with Crippen molar-refractivity contribution in [1.82, 2.24) is 0 Å². The zero-order valence-electron chi connectivity index (χ0n) is 6.71. The molecule has 1 unspecified atom stereocenters. The van der Waals surface area contributed by atoms with Gasteiger partial charge in [-0.05, 0) is 18.2 Å². The van der Waals surface area contributed by atoms with Crippen molar-refractivity contribution < 1.29 is 18.7 Å². The lowest BCUT2D eigenvalue weighted by Crippen LogP contribution is -2.01. The largest absolute Gasteiger partial charge is 0.388 e. The zero-order valence-corrected chi connectivity index (χ0v) is 6.71. The van der Waals surface area contributed by atoms with E-state index in [-0.39, 0.29) is 12.0 Å². The molecule has 1 rings (SSSR count). The van der Waals surface area contributed by atoms with E-state index in [1.54, 1.807) is 0 Å². The second kappa shape index (κ2) is 4.09. The van der Waals surface area contributed by atoms with E-state index in [1.807, 2.05) is 0 Å². The SMILES string of the molecule is O=CCC(O)c1cc(F)ccc1F. The third-order valence-electron chi connectivity index (χ3n) is 1.64. The molecule has 4 heteroatoms. The molecule has 0 aliphatic heterocycles. The molecule has 2 nitrogen and oxygen atoms in total. The summed E-state index contributed by atoms with van der Waals surface area (Å²) in [7, 11) is 0. The number of carbonyl (C=O) groups is 1. The van der Waals surface area contributed by atoms with Gasteiger partial charge in [0.15, 0.2) is 0 Å². The first-order valence-electron chi connectivity index (χ1n) is 3.72. The Bertz CT molecular complexity index is 312. The summed E-state index contributed by atoms with van der Waals surface area (Å²) in [5, 5.41) is 9.19. The van der Waals surface area contributed by atoms with E-state index in [0.717, 1.165) is 18.2 Å². The Hall–Kier alpha value is -1.29. The second-order valence-electron chi connectivity index (χ2n) is 2.58. The predicted molar refractivity (Wildman–Crippen MR) is 42.0 cm³/mol. The van der Waals surface area contributed by atoms with Crippen LogP contribution in [0.3, 0.4) is 0 Å². The lowest BCUT2D eigenvalue weighted by molar-refractivity contribution is -0.109. The number of hydrogen-bond donors (Lipinski definition) is 1. The maximum atomic E-state index is 12.9. The molecule has 0 heterocycles. The molecule has 1 aromatic rings. The van der Waals surface area contributed by atoms with E-state index in [4.69, 9.17) is 0 Å². The van der Waals surface area contributed by atoms with Crippen LogP contribution in [0.5, 0.6) is 0 Å². The topological polar surface area (TPSA) is 37.3 Å². The van der Waals surface area contributed by atoms with Crippen LogP contribution in [0.1, 0.15) is 18.1 Å². The van der Waals surface area contributed by atoms with Crippen molar-refractivity contribution in [3.8, 4) is 0 Å². The van der Waals surface area contributed by atoms with Gasteiger partial charge in [-0.2, -0.15) is 0 Å². The van der Waals surface area contributed by atoms with E-state index >= 15 is 0 Å². The van der Waals surface area contributed by atoms with Gasteiger partial charge in [-0.25, -0.2) is 8.78 Å². The van der Waals surface area contributed by atoms with Crippen LogP contribution in [0.2, 0.25) is 0 Å². The molecule has 0 saturated heterocycles. The van der Waals surface area contributed by atoms with E-state index in [9.17, 15) is 18.7 Å². The van der Waals surface area contributed by atoms with Crippen molar-refractivity contribution in [3.05, 3.63) is 35.4 Å². The smallest absolute Gasteiger partial charge is 0.129 e. The molecule has 0 radical (unpaired) electrons. The lowest BCUT2D eigenvalue weighted by atomic mass is 10.1. The average Bonchev–Trinajstić information content (AvgIpc) is 2.09. The van der Waals surface area contributed by atoms with E-state index < -0.39 is 17.7 Å². The van der Waals surface area contributed by atoms with E-state index in [0.29, 0.717) is 6.29 Å². The van der Waals surface area contributed by atoms with Crippen LogP contribution in [0.15, 0.2) is 18.2 Å². The fourth-order valence-electron chi connectivity index (χ4n) is 0.988. The molecule has 1 atom stereocenters. The molecule has 0 amide bonds. The summed E-state index contributed by atoms with van der Waals surface area (Å²) in [6, 6.07) is 2.74. The number of benzene rings is 1. The number of aliphatic hydroxyl groups is 1. The van der Waals surface area contributed by atoms with Crippen molar-refractivity contribution in [3.63, 3.8) is 0 Å². The van der Waals surface area contributed by atoms with Crippen LogP contribution in [0.25, 0.3) is 0 Å². The molecular formula is C9H8F2O2. The molecular weight excluding hydrogens is 178 g/mol. The predicted octanol–water partition coefficient (Wildman–Crippen LogP) is 1.59. The summed E-state index contributed by atoms with van der Waals surface area (Å²) in [6.45, 7) is 0. The van der Waals surface area contributed by atoms with Crippen molar-refractivity contribution in [2.24, 2.45) is 0 Å². The number of carbonyl (C=O) groups excluding carboxylic acids is 1. The Labute approximate surface area is 73.8 Å². The Morgan fingerprint density at radius 2 is 2.15 bits per heavy atom. The van der Waals surface area contributed by atoms with Gasteiger partial charge in [0.2, 0.25) is 0 Å². The maximum Gasteiger partial charge on any atom is 0.129 e. The maximum absolute atomic E-state index is 12.9. The highest BCUT2D eigenvalue weighted by atomic mass is 19.1. The van der Waals surface area contributed by atoms with E-state index in [2.05, 4.69) is 0 Å². The summed E-state index contributed by atoms with van der Waals surface area (Å²) >= 11 is 0. The van der Waals surface area contributed by atoms with Gasteiger partial charge in [0.05, 0.1) is 6.10 Å². The molecule has 0 aliphatic rings. The minimum absolute atomic E-state index is 0.188. The first-order valence-corrected chi connectivity index (χ1v) is 3.72. The molecule has 1 aromatic carbocycles. The number of hydrogen-bond acceptors (Lipinski definition) is 2. The Morgan fingerprint density at radius 1 is 1.46 bits per heavy atom. The molecule has 0 fully saturated rings. The molecule has 70 valence electrons. The highest BCUT2D eigenvalue weighted by molar-refractivity contribution is 5.51. The van der Waals surface area contributed by atoms with Gasteiger partial charge in [0.25, 0.3) is 0 Å².